The summed E-state index contributed by atoms with van der Waals surface area (Å²) < 4.78 is 26.3. The summed E-state index contributed by atoms with van der Waals surface area (Å²) in [6, 6.07) is 5.79. The van der Waals surface area contributed by atoms with E-state index in [1.54, 1.807) is 0 Å². The molecule has 1 amide bonds. The fourth-order valence-corrected chi connectivity index (χ4v) is 4.52. The highest BCUT2D eigenvalue weighted by Crippen LogP contribution is 2.37. The number of carbonyl (C=O) groups is 1. The molecule has 1 heterocycles. The molecule has 2 N–H and O–H groups in total. The van der Waals surface area contributed by atoms with Crippen LogP contribution in [0.25, 0.3) is 0 Å². The summed E-state index contributed by atoms with van der Waals surface area (Å²) in [5, 5.41) is 16.1. The van der Waals surface area contributed by atoms with Gasteiger partial charge >= 0.3 is 0 Å². The van der Waals surface area contributed by atoms with Crippen LogP contribution in [0.15, 0.2) is 18.2 Å². The molecule has 1 aromatic heterocycles. The molecule has 0 saturated heterocycles. The number of nitrogens with one attached hydrogen (secondary N) is 2. The highest BCUT2D eigenvalue weighted by molar-refractivity contribution is 7.16. The van der Waals surface area contributed by atoms with Gasteiger partial charge in [-0.05, 0) is 55.9 Å². The zero-order valence-electron chi connectivity index (χ0n) is 15.1. The first-order chi connectivity index (χ1) is 13.0. The van der Waals surface area contributed by atoms with Crippen LogP contribution >= 0.6 is 11.3 Å². The van der Waals surface area contributed by atoms with Crippen molar-refractivity contribution in [1.29, 1.82) is 5.26 Å². The van der Waals surface area contributed by atoms with Crippen molar-refractivity contribution in [1.82, 2.24) is 5.32 Å². The second kappa shape index (κ2) is 8.59. The molecule has 1 aliphatic carbocycles. The second-order valence-electron chi connectivity index (χ2n) is 6.67. The predicted molar refractivity (Wildman–Crippen MR) is 102 cm³/mol. The minimum atomic E-state index is -0.885. The summed E-state index contributed by atoms with van der Waals surface area (Å²) in [6.45, 7) is 2.21. The highest BCUT2D eigenvalue weighted by Gasteiger charge is 2.21. The number of amides is 1. The third kappa shape index (κ3) is 4.52. The van der Waals surface area contributed by atoms with Gasteiger partial charge in [-0.3, -0.25) is 4.79 Å². The van der Waals surface area contributed by atoms with Crippen LogP contribution in [0.1, 0.15) is 53.8 Å². The minimum absolute atomic E-state index is 0.171. The van der Waals surface area contributed by atoms with E-state index in [0.717, 1.165) is 43.4 Å². The molecule has 0 saturated carbocycles. The molecular formula is C20H21F2N3OS. The zero-order valence-corrected chi connectivity index (χ0v) is 15.9. The van der Waals surface area contributed by atoms with Crippen LogP contribution in [0.4, 0.5) is 13.8 Å². The van der Waals surface area contributed by atoms with Crippen LogP contribution in [-0.2, 0) is 17.6 Å². The molecule has 27 heavy (non-hydrogen) atoms. The minimum Gasteiger partial charge on any atom is -0.317 e. The smallest absolute Gasteiger partial charge is 0.226 e. The number of hydrogen-bond donors (Lipinski definition) is 2. The largest absolute Gasteiger partial charge is 0.317 e. The normalized spacial score (nSPS) is 14.3. The van der Waals surface area contributed by atoms with E-state index < -0.39 is 11.6 Å². The molecule has 0 bridgehead atoms. The Morgan fingerprint density at radius 3 is 2.81 bits per heavy atom. The number of benzene rings is 1. The maximum atomic E-state index is 13.3. The van der Waals surface area contributed by atoms with Gasteiger partial charge in [-0.2, -0.15) is 5.26 Å². The standard InChI is InChI=1S/C20H21F2N3OS/c1-12(13-6-7-16(21)17(22)10-13)24-9-8-19(26)25-20-15(11-23)14-4-2-3-5-18(14)27-20/h6-7,10,12,24H,2-5,8-9H2,1H3,(H,25,26)/t12-/m1/s1. The Morgan fingerprint density at radius 2 is 2.07 bits per heavy atom. The number of carbonyl (C=O) groups excluding carboxylic acids is 1. The fourth-order valence-electron chi connectivity index (χ4n) is 3.26. The Balaban J connectivity index is 1.54. The molecule has 3 rings (SSSR count). The van der Waals surface area contributed by atoms with Crippen molar-refractivity contribution in [3.8, 4) is 6.07 Å². The molecule has 7 heteroatoms. The van der Waals surface area contributed by atoms with E-state index in [1.165, 1.54) is 22.3 Å². The number of nitrogens with zero attached hydrogens (tertiary/aromatic N) is 1. The molecule has 0 spiro atoms. The summed E-state index contributed by atoms with van der Waals surface area (Å²) in [7, 11) is 0. The van der Waals surface area contributed by atoms with E-state index >= 15 is 0 Å². The summed E-state index contributed by atoms with van der Waals surface area (Å²) in [6.07, 6.45) is 4.30. The van der Waals surface area contributed by atoms with Gasteiger partial charge in [0.05, 0.1) is 5.56 Å². The Hall–Kier alpha value is -2.30. The molecule has 4 nitrogen and oxygen atoms in total. The number of fused-ring (bicyclic) bond motifs is 1. The van der Waals surface area contributed by atoms with Gasteiger partial charge in [-0.15, -0.1) is 11.3 Å². The maximum Gasteiger partial charge on any atom is 0.226 e. The number of thiophene rings is 1. The molecule has 0 fully saturated rings. The van der Waals surface area contributed by atoms with E-state index in [9.17, 15) is 18.8 Å². The van der Waals surface area contributed by atoms with Crippen molar-refractivity contribution in [2.24, 2.45) is 0 Å². The lowest BCUT2D eigenvalue weighted by Crippen LogP contribution is -2.24. The van der Waals surface area contributed by atoms with Gasteiger partial charge in [0, 0.05) is 23.9 Å². The predicted octanol–water partition coefficient (Wildman–Crippen LogP) is 4.46. The Morgan fingerprint density at radius 1 is 1.30 bits per heavy atom. The van der Waals surface area contributed by atoms with Crippen molar-refractivity contribution in [3.05, 3.63) is 51.4 Å². The third-order valence-corrected chi connectivity index (χ3v) is 5.99. The Labute approximate surface area is 161 Å². The SMILES string of the molecule is C[C@@H](NCCC(=O)Nc1sc2c(c1C#N)CCCC2)c1ccc(F)c(F)c1. The quantitative estimate of drug-likeness (QED) is 0.767. The first kappa shape index (κ1) is 19.5. The maximum absolute atomic E-state index is 13.3. The van der Waals surface area contributed by atoms with Gasteiger partial charge in [0.25, 0.3) is 0 Å². The van der Waals surface area contributed by atoms with Gasteiger partial charge < -0.3 is 10.6 Å². The number of hydrogen-bond acceptors (Lipinski definition) is 4. The lowest BCUT2D eigenvalue weighted by molar-refractivity contribution is -0.116. The van der Waals surface area contributed by atoms with Gasteiger partial charge in [0.15, 0.2) is 11.6 Å². The summed E-state index contributed by atoms with van der Waals surface area (Å²) in [4.78, 5) is 13.5. The number of halogens is 2. The van der Waals surface area contributed by atoms with E-state index in [0.29, 0.717) is 22.7 Å². The molecule has 1 aromatic carbocycles. The first-order valence-corrected chi connectivity index (χ1v) is 9.84. The van der Waals surface area contributed by atoms with Crippen molar-refractivity contribution in [3.63, 3.8) is 0 Å². The van der Waals surface area contributed by atoms with Gasteiger partial charge in [0.2, 0.25) is 5.91 Å². The number of anilines is 1. The molecule has 1 aliphatic rings. The fraction of sp³-hybridized carbons (Fsp3) is 0.400. The summed E-state index contributed by atoms with van der Waals surface area (Å²) in [5.74, 6) is -1.93. The van der Waals surface area contributed by atoms with Crippen LogP contribution in [0.3, 0.4) is 0 Å². The first-order valence-electron chi connectivity index (χ1n) is 9.02. The average molecular weight is 389 g/mol. The van der Waals surface area contributed by atoms with Crippen LogP contribution < -0.4 is 10.6 Å². The van der Waals surface area contributed by atoms with E-state index in [4.69, 9.17) is 0 Å². The topological polar surface area (TPSA) is 64.9 Å². The third-order valence-electron chi connectivity index (χ3n) is 4.78. The van der Waals surface area contributed by atoms with E-state index in [2.05, 4.69) is 16.7 Å². The highest BCUT2D eigenvalue weighted by atomic mass is 32.1. The molecule has 0 unspecified atom stereocenters. The van der Waals surface area contributed by atoms with Gasteiger partial charge in [0.1, 0.15) is 11.1 Å². The molecular weight excluding hydrogens is 368 g/mol. The van der Waals surface area contributed by atoms with Gasteiger partial charge in [-0.25, -0.2) is 8.78 Å². The monoisotopic (exact) mass is 389 g/mol. The van der Waals surface area contributed by atoms with Crippen molar-refractivity contribution >= 4 is 22.2 Å². The second-order valence-corrected chi connectivity index (χ2v) is 7.78. The number of nitriles is 1. The molecule has 1 atom stereocenters. The summed E-state index contributed by atoms with van der Waals surface area (Å²) in [5.41, 5.74) is 2.31. The van der Waals surface area contributed by atoms with Crippen LogP contribution in [-0.4, -0.2) is 12.5 Å². The Kier molecular flexibility index (Phi) is 6.19. The molecule has 0 radical (unpaired) electrons. The van der Waals surface area contributed by atoms with Crippen molar-refractivity contribution < 1.29 is 13.6 Å². The number of aryl methyl sites for hydroxylation is 1. The van der Waals surface area contributed by atoms with Crippen LogP contribution in [0.2, 0.25) is 0 Å². The summed E-state index contributed by atoms with van der Waals surface area (Å²) >= 11 is 1.50. The van der Waals surface area contributed by atoms with Crippen molar-refractivity contribution in [2.75, 3.05) is 11.9 Å². The molecule has 2 aromatic rings. The Bertz CT molecular complexity index is 888. The van der Waals surface area contributed by atoms with Crippen LogP contribution in [0, 0.1) is 23.0 Å². The van der Waals surface area contributed by atoms with Gasteiger partial charge in [-0.1, -0.05) is 6.07 Å². The van der Waals surface area contributed by atoms with Crippen LogP contribution in [0.5, 0.6) is 0 Å². The van der Waals surface area contributed by atoms with E-state index in [1.807, 2.05) is 6.92 Å². The lowest BCUT2D eigenvalue weighted by Gasteiger charge is -2.14. The molecule has 142 valence electrons. The zero-order chi connectivity index (χ0) is 19.4. The van der Waals surface area contributed by atoms with Crippen molar-refractivity contribution in [2.45, 2.75) is 45.1 Å². The average Bonchev–Trinajstić information content (AvgIpc) is 3.00. The van der Waals surface area contributed by atoms with E-state index in [-0.39, 0.29) is 18.4 Å². The molecule has 0 aliphatic heterocycles. The number of rotatable bonds is 6. The lowest BCUT2D eigenvalue weighted by atomic mass is 9.96.